The highest BCUT2D eigenvalue weighted by Crippen LogP contribution is 2.40. The van der Waals surface area contributed by atoms with Crippen LogP contribution in [0.4, 0.5) is 0 Å². The Balaban J connectivity index is 1.55. The third-order valence-corrected chi connectivity index (χ3v) is 8.05. The maximum absolute atomic E-state index is 13.2. The quantitative estimate of drug-likeness (QED) is 0.0876. The molecule has 5 heteroatoms. The molecule has 0 spiro atoms. The minimum absolute atomic E-state index is 0.123. The molecule has 0 saturated carbocycles. The van der Waals surface area contributed by atoms with Crippen LogP contribution in [0.15, 0.2) is 54.1 Å². The average molecular weight is 548 g/mol. The van der Waals surface area contributed by atoms with Gasteiger partial charge in [-0.05, 0) is 31.0 Å². The first-order chi connectivity index (χ1) is 19.5. The number of benzene rings is 2. The number of carbonyl (C=O) groups is 2. The van der Waals surface area contributed by atoms with Crippen molar-refractivity contribution in [3.63, 3.8) is 0 Å². The van der Waals surface area contributed by atoms with Crippen LogP contribution in [0.5, 0.6) is 5.75 Å². The zero-order valence-electron chi connectivity index (χ0n) is 24.9. The minimum atomic E-state index is -0.621. The molecule has 0 unspecified atom stereocenters. The molecule has 3 rings (SSSR count). The molecule has 40 heavy (non-hydrogen) atoms. The van der Waals surface area contributed by atoms with Crippen LogP contribution in [0, 0.1) is 6.92 Å². The molecular weight excluding hydrogens is 498 g/mol. The molecule has 0 aliphatic carbocycles. The zero-order chi connectivity index (χ0) is 28.7. The Morgan fingerprint density at radius 1 is 0.750 bits per heavy atom. The number of Topliss-reactive ketones (excluding diaryl/α,β-unsaturated/α-hetero) is 1. The Labute approximate surface area is 241 Å². The van der Waals surface area contributed by atoms with E-state index in [2.05, 4.69) is 6.92 Å². The highest BCUT2D eigenvalue weighted by molar-refractivity contribution is 6.46. The minimum Gasteiger partial charge on any atom is -0.507 e. The third-order valence-electron chi connectivity index (χ3n) is 8.05. The topological polar surface area (TPSA) is 66.8 Å². The van der Waals surface area contributed by atoms with Gasteiger partial charge in [-0.15, -0.1) is 0 Å². The molecule has 218 valence electrons. The summed E-state index contributed by atoms with van der Waals surface area (Å²) in [5.41, 5.74) is 2.54. The van der Waals surface area contributed by atoms with Crippen LogP contribution in [0.25, 0.3) is 5.76 Å². The van der Waals surface area contributed by atoms with E-state index >= 15 is 0 Å². The van der Waals surface area contributed by atoms with Crippen molar-refractivity contribution in [3.05, 3.63) is 70.8 Å². The number of aryl methyl sites for hydroxylation is 1. The van der Waals surface area contributed by atoms with Gasteiger partial charge in [-0.25, -0.2) is 0 Å². The molecular formula is C35H49NO4. The molecule has 5 nitrogen and oxygen atoms in total. The number of likely N-dealkylation sites (tertiary alicyclic amines) is 1. The number of hydrogen-bond acceptors (Lipinski definition) is 4. The maximum Gasteiger partial charge on any atom is 0.295 e. The first-order valence-electron chi connectivity index (χ1n) is 15.5. The van der Waals surface area contributed by atoms with E-state index in [1.54, 1.807) is 24.1 Å². The number of rotatable bonds is 18. The fraction of sp³-hybridized carbons (Fsp3) is 0.543. The van der Waals surface area contributed by atoms with Crippen LogP contribution in [0.2, 0.25) is 0 Å². The monoisotopic (exact) mass is 547 g/mol. The normalized spacial score (nSPS) is 16.6. The number of aliphatic hydroxyl groups excluding tert-OH is 1. The Hall–Kier alpha value is -3.08. The second-order valence-corrected chi connectivity index (χ2v) is 11.2. The number of carbonyl (C=O) groups excluding carboxylic acids is 2. The van der Waals surface area contributed by atoms with Gasteiger partial charge in [0.15, 0.2) is 0 Å². The number of amides is 1. The molecule has 1 heterocycles. The molecule has 0 aromatic heterocycles. The predicted molar refractivity (Wildman–Crippen MR) is 163 cm³/mol. The molecule has 0 radical (unpaired) electrons. The lowest BCUT2D eigenvalue weighted by Gasteiger charge is -2.25. The Morgan fingerprint density at radius 3 is 1.75 bits per heavy atom. The van der Waals surface area contributed by atoms with Gasteiger partial charge in [0.25, 0.3) is 11.7 Å². The predicted octanol–water partition coefficient (Wildman–Crippen LogP) is 8.91. The maximum atomic E-state index is 13.2. The number of nitrogens with zero attached hydrogens (tertiary/aromatic N) is 1. The van der Waals surface area contributed by atoms with Gasteiger partial charge < -0.3 is 14.7 Å². The van der Waals surface area contributed by atoms with Crippen molar-refractivity contribution < 1.29 is 19.4 Å². The fourth-order valence-electron chi connectivity index (χ4n) is 5.59. The first-order valence-corrected chi connectivity index (χ1v) is 15.5. The van der Waals surface area contributed by atoms with Gasteiger partial charge in [-0.2, -0.15) is 0 Å². The van der Waals surface area contributed by atoms with Crippen molar-refractivity contribution >= 4 is 17.4 Å². The lowest BCUT2D eigenvalue weighted by atomic mass is 9.95. The van der Waals surface area contributed by atoms with Gasteiger partial charge in [-0.3, -0.25) is 9.59 Å². The summed E-state index contributed by atoms with van der Waals surface area (Å²) in [6.45, 7) is 4.72. The number of methoxy groups -OCH3 is 1. The Kier molecular flexibility index (Phi) is 13.3. The van der Waals surface area contributed by atoms with Crippen molar-refractivity contribution in [1.29, 1.82) is 0 Å². The number of ether oxygens (including phenoxy) is 1. The summed E-state index contributed by atoms with van der Waals surface area (Å²) in [4.78, 5) is 28.0. The molecule has 1 saturated heterocycles. The summed E-state index contributed by atoms with van der Waals surface area (Å²) < 4.78 is 5.30. The van der Waals surface area contributed by atoms with Crippen molar-refractivity contribution in [3.8, 4) is 5.75 Å². The number of ketones is 1. The van der Waals surface area contributed by atoms with E-state index < -0.39 is 17.7 Å². The molecule has 0 bridgehead atoms. The lowest BCUT2D eigenvalue weighted by Crippen LogP contribution is -2.30. The van der Waals surface area contributed by atoms with Gasteiger partial charge in [0.2, 0.25) is 0 Å². The second-order valence-electron chi connectivity index (χ2n) is 11.2. The summed E-state index contributed by atoms with van der Waals surface area (Å²) in [6, 6.07) is 14.1. The van der Waals surface area contributed by atoms with E-state index in [4.69, 9.17) is 4.74 Å². The van der Waals surface area contributed by atoms with E-state index in [9.17, 15) is 14.7 Å². The SMILES string of the molecule is CCCCCCCCCCCCCCCCN1C(=O)C(=O)C(=C(O)c2ccc(C)cc2)[C@@H]1c1ccc(OC)cc1. The van der Waals surface area contributed by atoms with Crippen molar-refractivity contribution in [1.82, 2.24) is 4.90 Å². The standard InChI is InChI=1S/C35H49NO4/c1-4-5-6-7-8-9-10-11-12-13-14-15-16-17-26-36-32(28-22-24-30(40-3)25-23-28)31(34(38)35(36)39)33(37)29-20-18-27(2)19-21-29/h18-25,32,37H,4-17,26H2,1-3H3/t32-/m0/s1. The Bertz CT molecular complexity index is 1090. The van der Waals surface area contributed by atoms with E-state index in [-0.39, 0.29) is 11.3 Å². The van der Waals surface area contributed by atoms with Crippen LogP contribution in [0.1, 0.15) is 120 Å². The molecule has 1 amide bonds. The van der Waals surface area contributed by atoms with Crippen molar-refractivity contribution in [2.24, 2.45) is 0 Å². The molecule has 1 atom stereocenters. The van der Waals surface area contributed by atoms with Crippen LogP contribution in [-0.4, -0.2) is 35.4 Å². The fourth-order valence-corrected chi connectivity index (χ4v) is 5.59. The molecule has 1 aliphatic rings. The van der Waals surface area contributed by atoms with Gasteiger partial charge in [0.1, 0.15) is 11.5 Å². The van der Waals surface area contributed by atoms with Gasteiger partial charge >= 0.3 is 0 Å². The van der Waals surface area contributed by atoms with E-state index in [0.29, 0.717) is 17.9 Å². The van der Waals surface area contributed by atoms with E-state index in [0.717, 1.165) is 30.4 Å². The molecule has 2 aromatic carbocycles. The highest BCUT2D eigenvalue weighted by atomic mass is 16.5. The molecule has 1 fully saturated rings. The summed E-state index contributed by atoms with van der Waals surface area (Å²) in [6.07, 6.45) is 17.7. The average Bonchev–Trinajstić information content (AvgIpc) is 3.22. The largest absolute Gasteiger partial charge is 0.507 e. The number of hydrogen-bond donors (Lipinski definition) is 1. The summed E-state index contributed by atoms with van der Waals surface area (Å²) >= 11 is 0. The van der Waals surface area contributed by atoms with Gasteiger partial charge in [0, 0.05) is 12.1 Å². The highest BCUT2D eigenvalue weighted by Gasteiger charge is 2.45. The van der Waals surface area contributed by atoms with Crippen LogP contribution in [0.3, 0.4) is 0 Å². The zero-order valence-corrected chi connectivity index (χ0v) is 24.9. The van der Waals surface area contributed by atoms with E-state index in [1.807, 2.05) is 43.3 Å². The number of aliphatic hydroxyl groups is 1. The van der Waals surface area contributed by atoms with Gasteiger partial charge in [-0.1, -0.05) is 132 Å². The first kappa shape index (κ1) is 31.4. The summed E-state index contributed by atoms with van der Waals surface area (Å²) in [5, 5.41) is 11.2. The third kappa shape index (κ3) is 8.97. The molecule has 1 N–H and O–H groups in total. The van der Waals surface area contributed by atoms with Crippen molar-refractivity contribution in [2.75, 3.05) is 13.7 Å². The molecule has 1 aliphatic heterocycles. The van der Waals surface area contributed by atoms with E-state index in [1.165, 1.54) is 70.6 Å². The smallest absolute Gasteiger partial charge is 0.295 e. The van der Waals surface area contributed by atoms with Crippen molar-refractivity contribution in [2.45, 2.75) is 110 Å². The van der Waals surface area contributed by atoms with Gasteiger partial charge in [0.05, 0.1) is 18.7 Å². The van der Waals surface area contributed by atoms with Crippen LogP contribution < -0.4 is 4.74 Å². The lowest BCUT2D eigenvalue weighted by molar-refractivity contribution is -0.139. The molecule has 2 aromatic rings. The summed E-state index contributed by atoms with van der Waals surface area (Å²) in [5.74, 6) is -0.581. The second kappa shape index (κ2) is 16.9. The number of unbranched alkanes of at least 4 members (excludes halogenated alkanes) is 13. The Morgan fingerprint density at radius 2 is 1.25 bits per heavy atom. The van der Waals surface area contributed by atoms with Crippen LogP contribution >= 0.6 is 0 Å². The van der Waals surface area contributed by atoms with Crippen LogP contribution in [-0.2, 0) is 9.59 Å². The summed E-state index contributed by atoms with van der Waals surface area (Å²) in [7, 11) is 1.61.